The first-order chi connectivity index (χ1) is 11.3. The normalized spacial score (nSPS) is 21.5. The molecule has 2 atom stereocenters. The van der Waals surface area contributed by atoms with Crippen LogP contribution in [0.5, 0.6) is 0 Å². The highest BCUT2D eigenvalue weighted by molar-refractivity contribution is 6.11. The van der Waals surface area contributed by atoms with Crippen LogP contribution in [0.1, 0.15) is 40.5 Å². The lowest BCUT2D eigenvalue weighted by Crippen LogP contribution is -2.28. The maximum absolute atomic E-state index is 12.5. The molecule has 0 saturated heterocycles. The topological polar surface area (TPSA) is 60.4 Å². The number of ketones is 2. The van der Waals surface area contributed by atoms with Crippen LogP contribution in [0.15, 0.2) is 36.0 Å². The number of Topliss-reactive ketones (excluding diaryl/α,β-unsaturated/α-hetero) is 1. The Bertz CT molecular complexity index is 655. The van der Waals surface area contributed by atoms with E-state index in [-0.39, 0.29) is 24.7 Å². The molecule has 1 rings (SSSR count). The molecule has 0 saturated carbocycles. The largest absolute Gasteiger partial charge is 0.456 e. The lowest BCUT2D eigenvalue weighted by atomic mass is 9.76. The zero-order valence-corrected chi connectivity index (χ0v) is 14.7. The number of carbonyl (C=O) groups is 3. The van der Waals surface area contributed by atoms with Crippen molar-refractivity contribution in [2.45, 2.75) is 40.5 Å². The lowest BCUT2D eigenvalue weighted by Gasteiger charge is -2.24. The number of esters is 1. The van der Waals surface area contributed by atoms with Crippen LogP contribution in [0.2, 0.25) is 0 Å². The molecular weight excluding hydrogens is 304 g/mol. The molecular formula is C20H24O4. The summed E-state index contributed by atoms with van der Waals surface area (Å²) in [6.07, 6.45) is 10.1. The fourth-order valence-corrected chi connectivity index (χ4v) is 2.57. The van der Waals surface area contributed by atoms with Gasteiger partial charge in [-0.1, -0.05) is 36.8 Å². The van der Waals surface area contributed by atoms with Gasteiger partial charge in [-0.25, -0.2) is 4.79 Å². The molecule has 4 nitrogen and oxygen atoms in total. The summed E-state index contributed by atoms with van der Waals surface area (Å²) in [5, 5.41) is 0. The van der Waals surface area contributed by atoms with E-state index in [4.69, 9.17) is 4.74 Å². The second kappa shape index (κ2) is 9.02. The number of ether oxygens (including phenoxy) is 1. The van der Waals surface area contributed by atoms with Crippen molar-refractivity contribution in [2.24, 2.45) is 11.3 Å². The van der Waals surface area contributed by atoms with Crippen LogP contribution in [0, 0.1) is 23.2 Å². The third-order valence-electron chi connectivity index (χ3n) is 3.91. The Hall–Kier alpha value is -2.41. The molecule has 0 bridgehead atoms. The maximum Gasteiger partial charge on any atom is 0.384 e. The number of hydrogen-bond donors (Lipinski definition) is 0. The molecule has 0 aliphatic heterocycles. The fourth-order valence-electron chi connectivity index (χ4n) is 2.57. The average molecular weight is 328 g/mol. The van der Waals surface area contributed by atoms with E-state index < -0.39 is 17.2 Å². The van der Waals surface area contributed by atoms with Crippen molar-refractivity contribution in [1.29, 1.82) is 0 Å². The zero-order chi connectivity index (χ0) is 18.2. The second-order valence-electron chi connectivity index (χ2n) is 6.04. The molecule has 0 spiro atoms. The molecule has 128 valence electrons. The van der Waals surface area contributed by atoms with Crippen LogP contribution in [0.3, 0.4) is 0 Å². The Labute approximate surface area is 143 Å². The Morgan fingerprint density at radius 2 is 2.08 bits per heavy atom. The van der Waals surface area contributed by atoms with Gasteiger partial charge in [-0.3, -0.25) is 9.59 Å². The van der Waals surface area contributed by atoms with Gasteiger partial charge in [0.1, 0.15) is 0 Å². The minimum Gasteiger partial charge on any atom is -0.456 e. The number of rotatable bonds is 6. The molecule has 0 unspecified atom stereocenters. The summed E-state index contributed by atoms with van der Waals surface area (Å²) >= 11 is 0. The van der Waals surface area contributed by atoms with E-state index in [0.29, 0.717) is 6.42 Å². The molecule has 0 aromatic heterocycles. The second-order valence-corrected chi connectivity index (χ2v) is 6.04. The van der Waals surface area contributed by atoms with Crippen LogP contribution < -0.4 is 0 Å². The first-order valence-electron chi connectivity index (χ1n) is 8.10. The molecule has 0 heterocycles. The Balaban J connectivity index is 2.91. The van der Waals surface area contributed by atoms with Crippen LogP contribution in [0.4, 0.5) is 0 Å². The van der Waals surface area contributed by atoms with Gasteiger partial charge in [-0.2, -0.15) is 0 Å². The molecule has 0 aromatic rings. The molecule has 1 aliphatic carbocycles. The highest BCUT2D eigenvalue weighted by Gasteiger charge is 2.42. The van der Waals surface area contributed by atoms with Gasteiger partial charge >= 0.3 is 5.97 Å². The number of carbonyl (C=O) groups excluding carboxylic acids is 3. The summed E-state index contributed by atoms with van der Waals surface area (Å²) < 4.78 is 4.69. The first kappa shape index (κ1) is 19.6. The summed E-state index contributed by atoms with van der Waals surface area (Å²) in [5.41, 5.74) is -0.187. The fraction of sp³-hybridized carbons (Fsp3) is 0.450. The summed E-state index contributed by atoms with van der Waals surface area (Å²) in [4.78, 5) is 35.6. The molecule has 4 heteroatoms. The van der Waals surface area contributed by atoms with Gasteiger partial charge in [0.2, 0.25) is 5.78 Å². The highest BCUT2D eigenvalue weighted by atomic mass is 16.5. The standard InChI is InChI=1S/C20H24O4/c1-5-7-8-9-15(3)12-16-13-17(21)14-20(16,4)18(22)10-11-19(23)24-6-2/h5,7-9,13,15H,6,12,14H2,1-4H3/b7-5+,9-8-/t15-,20+/m1/s1. The average Bonchev–Trinajstić information content (AvgIpc) is 2.80. The molecule has 0 amide bonds. The third kappa shape index (κ3) is 5.34. The maximum atomic E-state index is 12.5. The van der Waals surface area contributed by atoms with Crippen molar-refractivity contribution in [3.8, 4) is 11.8 Å². The molecule has 0 aromatic carbocycles. The van der Waals surface area contributed by atoms with Crippen LogP contribution >= 0.6 is 0 Å². The molecule has 0 N–H and O–H groups in total. The van der Waals surface area contributed by atoms with Crippen LogP contribution in [-0.2, 0) is 19.1 Å². The van der Waals surface area contributed by atoms with E-state index in [1.165, 1.54) is 0 Å². The lowest BCUT2D eigenvalue weighted by molar-refractivity contribution is -0.136. The quantitative estimate of drug-likeness (QED) is 0.247. The summed E-state index contributed by atoms with van der Waals surface area (Å²) in [7, 11) is 0. The Morgan fingerprint density at radius 3 is 2.71 bits per heavy atom. The van der Waals surface area contributed by atoms with Crippen molar-refractivity contribution in [2.75, 3.05) is 6.61 Å². The zero-order valence-electron chi connectivity index (χ0n) is 14.7. The minimum absolute atomic E-state index is 0.0802. The van der Waals surface area contributed by atoms with E-state index in [9.17, 15) is 14.4 Å². The van der Waals surface area contributed by atoms with Gasteiger partial charge in [0.05, 0.1) is 12.0 Å². The van der Waals surface area contributed by atoms with Gasteiger partial charge in [-0.15, -0.1) is 0 Å². The van der Waals surface area contributed by atoms with E-state index in [0.717, 1.165) is 5.57 Å². The predicted octanol–water partition coefficient (Wildman–Crippen LogP) is 3.19. The highest BCUT2D eigenvalue weighted by Crippen LogP contribution is 2.41. The Morgan fingerprint density at radius 1 is 1.38 bits per heavy atom. The summed E-state index contributed by atoms with van der Waals surface area (Å²) in [5.74, 6) is 3.49. The monoisotopic (exact) mass is 328 g/mol. The van der Waals surface area contributed by atoms with E-state index >= 15 is 0 Å². The van der Waals surface area contributed by atoms with Gasteiger partial charge in [0, 0.05) is 12.3 Å². The third-order valence-corrected chi connectivity index (χ3v) is 3.91. The number of allylic oxidation sites excluding steroid dienone is 6. The SMILES string of the molecule is C/C=C/C=C\[C@@H](C)CC1=CC(=O)C[C@]1(C)C(=O)C#CC(=O)OCC. The molecule has 24 heavy (non-hydrogen) atoms. The van der Waals surface area contributed by atoms with Crippen molar-refractivity contribution >= 4 is 17.5 Å². The number of hydrogen-bond acceptors (Lipinski definition) is 4. The van der Waals surface area contributed by atoms with Gasteiger partial charge in [0.15, 0.2) is 5.78 Å². The molecule has 0 radical (unpaired) electrons. The van der Waals surface area contributed by atoms with E-state index in [2.05, 4.69) is 11.8 Å². The van der Waals surface area contributed by atoms with Crippen LogP contribution in [0.25, 0.3) is 0 Å². The van der Waals surface area contributed by atoms with Gasteiger partial charge < -0.3 is 4.74 Å². The van der Waals surface area contributed by atoms with E-state index in [1.807, 2.05) is 38.2 Å². The summed E-state index contributed by atoms with van der Waals surface area (Å²) in [6.45, 7) is 7.55. The van der Waals surface area contributed by atoms with Gasteiger partial charge in [0.25, 0.3) is 0 Å². The van der Waals surface area contributed by atoms with Gasteiger partial charge in [-0.05, 0) is 45.1 Å². The van der Waals surface area contributed by atoms with Crippen molar-refractivity contribution in [1.82, 2.24) is 0 Å². The molecule has 1 aliphatic rings. The first-order valence-corrected chi connectivity index (χ1v) is 8.10. The minimum atomic E-state index is -0.959. The van der Waals surface area contributed by atoms with Crippen LogP contribution in [-0.4, -0.2) is 24.1 Å². The summed E-state index contributed by atoms with van der Waals surface area (Å²) in [6, 6.07) is 0. The van der Waals surface area contributed by atoms with Crippen molar-refractivity contribution in [3.63, 3.8) is 0 Å². The van der Waals surface area contributed by atoms with Crippen molar-refractivity contribution in [3.05, 3.63) is 36.0 Å². The van der Waals surface area contributed by atoms with E-state index in [1.54, 1.807) is 19.9 Å². The predicted molar refractivity (Wildman–Crippen MR) is 93.0 cm³/mol. The Kier molecular flexibility index (Phi) is 7.38. The van der Waals surface area contributed by atoms with Crippen molar-refractivity contribution < 1.29 is 19.1 Å². The molecule has 0 fully saturated rings. The smallest absolute Gasteiger partial charge is 0.384 e.